The molecule has 0 aromatic rings. The van der Waals surface area contributed by atoms with E-state index < -0.39 is 0 Å². The van der Waals surface area contributed by atoms with Gasteiger partial charge in [-0.05, 0) is 58.3 Å². The number of likely N-dealkylation sites (tertiary alicyclic amines) is 2. The van der Waals surface area contributed by atoms with E-state index in [1.807, 2.05) is 0 Å². The lowest BCUT2D eigenvalue weighted by Gasteiger charge is -2.46. The van der Waals surface area contributed by atoms with Gasteiger partial charge in [0.2, 0.25) is 0 Å². The van der Waals surface area contributed by atoms with Gasteiger partial charge in [-0.3, -0.25) is 5.41 Å². The topological polar surface area (TPSA) is 56.4 Å². The number of rotatable bonds is 4. The zero-order valence-electron chi connectivity index (χ0n) is 11.0. The predicted octanol–water partition coefficient (Wildman–Crippen LogP) is 1.12. The van der Waals surface area contributed by atoms with Crippen LogP contribution in [0.1, 0.15) is 32.1 Å². The molecule has 0 amide bonds. The van der Waals surface area contributed by atoms with Gasteiger partial charge < -0.3 is 15.5 Å². The predicted molar refractivity (Wildman–Crippen MR) is 71.3 cm³/mol. The lowest BCUT2D eigenvalue weighted by molar-refractivity contribution is 0.0384. The van der Waals surface area contributed by atoms with Crippen LogP contribution in [0.5, 0.6) is 0 Å². The fraction of sp³-hybridized carbons (Fsp3) is 0.923. The summed E-state index contributed by atoms with van der Waals surface area (Å²) < 4.78 is 0. The van der Waals surface area contributed by atoms with Crippen LogP contribution >= 0.6 is 0 Å². The summed E-state index contributed by atoms with van der Waals surface area (Å²) in [5.41, 5.74) is 5.39. The number of nitrogens with one attached hydrogen (secondary N) is 1. The smallest absolute Gasteiger partial charge is 0.0905 e. The van der Waals surface area contributed by atoms with Crippen molar-refractivity contribution in [1.82, 2.24) is 9.80 Å². The molecule has 2 rings (SSSR count). The fourth-order valence-electron chi connectivity index (χ4n) is 3.42. The molecule has 2 aliphatic heterocycles. The Labute approximate surface area is 105 Å². The van der Waals surface area contributed by atoms with E-state index in [1.165, 1.54) is 38.9 Å². The minimum Gasteiger partial charge on any atom is -0.388 e. The van der Waals surface area contributed by atoms with E-state index in [0.717, 1.165) is 31.3 Å². The lowest BCUT2D eigenvalue weighted by Crippen LogP contribution is -2.52. The fourth-order valence-corrected chi connectivity index (χ4v) is 3.42. The quantitative estimate of drug-likeness (QED) is 0.570. The molecule has 0 aromatic carbocycles. The third-order valence-electron chi connectivity index (χ3n) is 4.35. The molecule has 4 heteroatoms. The Balaban J connectivity index is 1.75. The molecule has 0 aliphatic carbocycles. The average molecular weight is 238 g/mol. The first kappa shape index (κ1) is 12.8. The summed E-state index contributed by atoms with van der Waals surface area (Å²) in [6.45, 7) is 4.88. The van der Waals surface area contributed by atoms with Crippen molar-refractivity contribution in [3.8, 4) is 0 Å². The Morgan fingerprint density at radius 1 is 1.35 bits per heavy atom. The van der Waals surface area contributed by atoms with E-state index in [0.29, 0.717) is 5.84 Å². The van der Waals surface area contributed by atoms with Gasteiger partial charge in [-0.15, -0.1) is 0 Å². The second-order valence-electron chi connectivity index (χ2n) is 5.67. The highest BCUT2D eigenvalue weighted by molar-refractivity contribution is 5.76. The van der Waals surface area contributed by atoms with Gasteiger partial charge in [-0.2, -0.15) is 0 Å². The summed E-state index contributed by atoms with van der Waals surface area (Å²) in [5.74, 6) is 1.21. The zero-order chi connectivity index (χ0) is 12.3. The Morgan fingerprint density at radius 3 is 2.94 bits per heavy atom. The second-order valence-corrected chi connectivity index (χ2v) is 5.67. The molecule has 2 atom stereocenters. The number of nitrogens with zero attached hydrogens (tertiary/aromatic N) is 2. The third-order valence-corrected chi connectivity index (χ3v) is 4.35. The van der Waals surface area contributed by atoms with Gasteiger partial charge in [0.1, 0.15) is 0 Å². The molecule has 3 N–H and O–H groups in total. The van der Waals surface area contributed by atoms with Crippen LogP contribution in [0.25, 0.3) is 0 Å². The summed E-state index contributed by atoms with van der Waals surface area (Å²) in [5, 5.41) is 7.24. The van der Waals surface area contributed by atoms with Gasteiger partial charge in [0, 0.05) is 19.0 Å². The van der Waals surface area contributed by atoms with Crippen LogP contribution in [0.3, 0.4) is 0 Å². The molecule has 2 unspecified atom stereocenters. The second kappa shape index (κ2) is 5.83. The highest BCUT2D eigenvalue weighted by Crippen LogP contribution is 2.29. The molecule has 0 spiro atoms. The first-order valence-electron chi connectivity index (χ1n) is 6.92. The van der Waals surface area contributed by atoms with E-state index in [-0.39, 0.29) is 0 Å². The molecule has 0 aromatic heterocycles. The van der Waals surface area contributed by atoms with Gasteiger partial charge in [0.15, 0.2) is 0 Å². The SMILES string of the molecule is CN1CCCC2CN(CCCC(=N)N)CCC21. The van der Waals surface area contributed by atoms with Crippen molar-refractivity contribution in [1.29, 1.82) is 5.41 Å². The van der Waals surface area contributed by atoms with E-state index >= 15 is 0 Å². The monoisotopic (exact) mass is 238 g/mol. The molecular formula is C13H26N4. The van der Waals surface area contributed by atoms with E-state index in [9.17, 15) is 0 Å². The number of hydrogen-bond donors (Lipinski definition) is 2. The van der Waals surface area contributed by atoms with Gasteiger partial charge in [0.25, 0.3) is 0 Å². The van der Waals surface area contributed by atoms with Gasteiger partial charge in [0.05, 0.1) is 5.84 Å². The molecule has 98 valence electrons. The van der Waals surface area contributed by atoms with E-state index in [4.69, 9.17) is 11.1 Å². The highest BCUT2D eigenvalue weighted by Gasteiger charge is 2.33. The van der Waals surface area contributed by atoms with Crippen molar-refractivity contribution in [3.63, 3.8) is 0 Å². The standard InChI is InChI=1S/C13H26N4/c1-16-7-2-4-11-10-17(9-6-12(11)16)8-3-5-13(14)15/h11-12H,2-10H2,1H3,(H3,14,15). The molecule has 2 saturated heterocycles. The van der Waals surface area contributed by atoms with Crippen molar-refractivity contribution < 1.29 is 0 Å². The van der Waals surface area contributed by atoms with Gasteiger partial charge in [-0.1, -0.05) is 0 Å². The lowest BCUT2D eigenvalue weighted by atomic mass is 9.84. The maximum atomic E-state index is 7.24. The Bertz CT molecular complexity index is 266. The summed E-state index contributed by atoms with van der Waals surface area (Å²) in [4.78, 5) is 5.13. The number of fused-ring (bicyclic) bond motifs is 1. The van der Waals surface area contributed by atoms with Crippen molar-refractivity contribution in [2.24, 2.45) is 11.7 Å². The molecule has 17 heavy (non-hydrogen) atoms. The van der Waals surface area contributed by atoms with Crippen molar-refractivity contribution >= 4 is 5.84 Å². The first-order chi connectivity index (χ1) is 8.16. The molecule has 4 nitrogen and oxygen atoms in total. The minimum atomic E-state index is 0.331. The first-order valence-corrected chi connectivity index (χ1v) is 6.92. The third kappa shape index (κ3) is 3.42. The van der Waals surface area contributed by atoms with Gasteiger partial charge in [-0.25, -0.2) is 0 Å². The maximum absolute atomic E-state index is 7.24. The molecular weight excluding hydrogens is 212 g/mol. The Hall–Kier alpha value is -0.610. The Kier molecular flexibility index (Phi) is 4.40. The molecule has 0 radical (unpaired) electrons. The van der Waals surface area contributed by atoms with Crippen molar-refractivity contribution in [3.05, 3.63) is 0 Å². The van der Waals surface area contributed by atoms with Gasteiger partial charge >= 0.3 is 0 Å². The van der Waals surface area contributed by atoms with Crippen LogP contribution in [0.15, 0.2) is 0 Å². The number of hydrogen-bond acceptors (Lipinski definition) is 3. The Morgan fingerprint density at radius 2 is 2.18 bits per heavy atom. The summed E-state index contributed by atoms with van der Waals surface area (Å²) in [7, 11) is 2.28. The molecule has 2 fully saturated rings. The maximum Gasteiger partial charge on any atom is 0.0905 e. The van der Waals surface area contributed by atoms with Crippen LogP contribution in [0, 0.1) is 11.3 Å². The largest absolute Gasteiger partial charge is 0.388 e. The van der Waals surface area contributed by atoms with Crippen LogP contribution in [-0.4, -0.2) is 54.9 Å². The highest BCUT2D eigenvalue weighted by atomic mass is 15.2. The summed E-state index contributed by atoms with van der Waals surface area (Å²) in [6, 6.07) is 0.827. The summed E-state index contributed by atoms with van der Waals surface area (Å²) >= 11 is 0. The summed E-state index contributed by atoms with van der Waals surface area (Å²) in [6.07, 6.45) is 5.88. The zero-order valence-corrected chi connectivity index (χ0v) is 11.0. The number of amidine groups is 1. The van der Waals surface area contributed by atoms with E-state index in [1.54, 1.807) is 0 Å². The molecule has 2 heterocycles. The average Bonchev–Trinajstić information content (AvgIpc) is 2.29. The van der Waals surface area contributed by atoms with Crippen LogP contribution in [-0.2, 0) is 0 Å². The van der Waals surface area contributed by atoms with Crippen LogP contribution < -0.4 is 5.73 Å². The minimum absolute atomic E-state index is 0.331. The van der Waals surface area contributed by atoms with Crippen molar-refractivity contribution in [2.45, 2.75) is 38.1 Å². The van der Waals surface area contributed by atoms with Crippen LogP contribution in [0.4, 0.5) is 0 Å². The molecule has 0 saturated carbocycles. The number of piperidine rings is 2. The van der Waals surface area contributed by atoms with E-state index in [2.05, 4.69) is 16.8 Å². The van der Waals surface area contributed by atoms with Crippen LogP contribution in [0.2, 0.25) is 0 Å². The normalized spacial score (nSPS) is 31.1. The van der Waals surface area contributed by atoms with Crippen molar-refractivity contribution in [2.75, 3.05) is 33.2 Å². The molecule has 2 aliphatic rings. The number of nitrogens with two attached hydrogens (primary N) is 1. The molecule has 0 bridgehead atoms.